The minimum Gasteiger partial charge on any atom is -0.450 e. The molecular weight excluding hydrogens is 342 g/mol. The molecule has 0 spiro atoms. The van der Waals surface area contributed by atoms with E-state index in [4.69, 9.17) is 4.74 Å². The molecule has 6 nitrogen and oxygen atoms in total. The Morgan fingerprint density at radius 3 is 2.56 bits per heavy atom. The van der Waals surface area contributed by atoms with Gasteiger partial charge in [0.25, 0.3) is 0 Å². The highest BCUT2D eigenvalue weighted by atomic mass is 16.5. The third-order valence-electron chi connectivity index (χ3n) is 4.87. The molecule has 0 radical (unpaired) electrons. The Hall–Kier alpha value is -2.08. The van der Waals surface area contributed by atoms with Gasteiger partial charge in [0.2, 0.25) is 5.91 Å². The Balaban J connectivity index is 1.91. The van der Waals surface area contributed by atoms with Crippen LogP contribution >= 0.6 is 0 Å². The van der Waals surface area contributed by atoms with E-state index in [-0.39, 0.29) is 18.4 Å². The van der Waals surface area contributed by atoms with E-state index in [0.717, 1.165) is 31.2 Å². The Morgan fingerprint density at radius 1 is 1.26 bits per heavy atom. The van der Waals surface area contributed by atoms with Crippen molar-refractivity contribution in [2.45, 2.75) is 53.1 Å². The van der Waals surface area contributed by atoms with Gasteiger partial charge in [0, 0.05) is 18.8 Å². The first-order valence-corrected chi connectivity index (χ1v) is 9.94. The highest BCUT2D eigenvalue weighted by Crippen LogP contribution is 2.19. The van der Waals surface area contributed by atoms with Crippen molar-refractivity contribution in [3.8, 4) is 0 Å². The molecule has 0 saturated carbocycles. The fourth-order valence-corrected chi connectivity index (χ4v) is 3.44. The van der Waals surface area contributed by atoms with Crippen LogP contribution in [-0.2, 0) is 16.1 Å². The third-order valence-corrected chi connectivity index (χ3v) is 4.87. The van der Waals surface area contributed by atoms with Crippen molar-refractivity contribution in [1.82, 2.24) is 10.2 Å². The van der Waals surface area contributed by atoms with E-state index < -0.39 is 12.1 Å². The summed E-state index contributed by atoms with van der Waals surface area (Å²) in [5.74, 6) is 0.475. The summed E-state index contributed by atoms with van der Waals surface area (Å²) in [4.78, 5) is 26.7. The molecule has 1 saturated heterocycles. The van der Waals surface area contributed by atoms with Crippen LogP contribution in [0.2, 0.25) is 0 Å². The largest absolute Gasteiger partial charge is 0.450 e. The fraction of sp³-hybridized carbons (Fsp3) is 0.619. The zero-order chi connectivity index (χ0) is 19.8. The van der Waals surface area contributed by atoms with Crippen LogP contribution in [0.25, 0.3) is 0 Å². The summed E-state index contributed by atoms with van der Waals surface area (Å²) in [6.07, 6.45) is 2.01. The van der Waals surface area contributed by atoms with Gasteiger partial charge in [0.1, 0.15) is 6.04 Å². The smallest absolute Gasteiger partial charge is 0.407 e. The first-order chi connectivity index (χ1) is 12.9. The molecule has 0 bridgehead atoms. The molecule has 2 N–H and O–H groups in total. The monoisotopic (exact) mass is 375 g/mol. The van der Waals surface area contributed by atoms with Crippen LogP contribution in [0, 0.1) is 11.8 Å². The van der Waals surface area contributed by atoms with Gasteiger partial charge in [-0.25, -0.2) is 4.79 Å². The molecule has 0 aromatic heterocycles. The van der Waals surface area contributed by atoms with Gasteiger partial charge in [0.05, 0.1) is 6.61 Å². The average molecular weight is 376 g/mol. The van der Waals surface area contributed by atoms with Crippen LogP contribution in [0.4, 0.5) is 10.5 Å². The van der Waals surface area contributed by atoms with Gasteiger partial charge in [0.15, 0.2) is 0 Å². The standard InChI is InChI=1S/C21H33N3O3/c1-5-27-21(26)23-19(15(2)3)20(25)22-18-10-8-17(9-11-18)14-24-12-6-7-16(4)13-24/h8-11,15-16,19H,5-7,12-14H2,1-4H3,(H,22,25)(H,23,26). The molecule has 0 aliphatic carbocycles. The van der Waals surface area contributed by atoms with E-state index >= 15 is 0 Å². The zero-order valence-corrected chi connectivity index (χ0v) is 17.0. The average Bonchev–Trinajstić information content (AvgIpc) is 2.61. The van der Waals surface area contributed by atoms with E-state index in [1.165, 1.54) is 18.4 Å². The van der Waals surface area contributed by atoms with Crippen molar-refractivity contribution >= 4 is 17.7 Å². The number of carbonyl (C=O) groups excluding carboxylic acids is 2. The summed E-state index contributed by atoms with van der Waals surface area (Å²) in [5.41, 5.74) is 1.97. The SMILES string of the molecule is CCOC(=O)NC(C(=O)Nc1ccc(CN2CCCC(C)C2)cc1)C(C)C. The van der Waals surface area contributed by atoms with E-state index in [0.29, 0.717) is 0 Å². The summed E-state index contributed by atoms with van der Waals surface area (Å²) >= 11 is 0. The lowest BCUT2D eigenvalue weighted by atomic mass is 10.00. The number of nitrogens with zero attached hydrogens (tertiary/aromatic N) is 1. The van der Waals surface area contributed by atoms with E-state index in [1.54, 1.807) is 6.92 Å². The predicted octanol–water partition coefficient (Wildman–Crippen LogP) is 3.63. The minimum absolute atomic E-state index is 0.0465. The first kappa shape index (κ1) is 21.2. The highest BCUT2D eigenvalue weighted by molar-refractivity contribution is 5.96. The topological polar surface area (TPSA) is 70.7 Å². The van der Waals surface area contributed by atoms with Crippen molar-refractivity contribution in [2.24, 2.45) is 11.8 Å². The van der Waals surface area contributed by atoms with Crippen molar-refractivity contribution in [1.29, 1.82) is 0 Å². The lowest BCUT2D eigenvalue weighted by Gasteiger charge is -2.30. The number of ether oxygens (including phenoxy) is 1. The molecule has 27 heavy (non-hydrogen) atoms. The number of anilines is 1. The first-order valence-electron chi connectivity index (χ1n) is 9.94. The molecule has 2 amide bonds. The maximum absolute atomic E-state index is 12.5. The number of alkyl carbamates (subject to hydrolysis) is 1. The Morgan fingerprint density at radius 2 is 1.96 bits per heavy atom. The van der Waals surface area contributed by atoms with Crippen molar-refractivity contribution in [3.05, 3.63) is 29.8 Å². The highest BCUT2D eigenvalue weighted by Gasteiger charge is 2.25. The Labute approximate surface area is 162 Å². The van der Waals surface area contributed by atoms with Crippen molar-refractivity contribution in [2.75, 3.05) is 25.0 Å². The van der Waals surface area contributed by atoms with Gasteiger partial charge in [-0.15, -0.1) is 0 Å². The number of likely N-dealkylation sites (tertiary alicyclic amines) is 1. The zero-order valence-electron chi connectivity index (χ0n) is 17.0. The summed E-state index contributed by atoms with van der Waals surface area (Å²) in [6, 6.07) is 7.31. The van der Waals surface area contributed by atoms with Gasteiger partial charge in [-0.1, -0.05) is 32.9 Å². The number of amides is 2. The summed E-state index contributed by atoms with van der Waals surface area (Å²) in [7, 11) is 0. The molecule has 1 heterocycles. The lowest BCUT2D eigenvalue weighted by molar-refractivity contribution is -0.119. The normalized spacial score (nSPS) is 18.8. The molecule has 2 rings (SSSR count). The lowest BCUT2D eigenvalue weighted by Crippen LogP contribution is -2.47. The van der Waals surface area contributed by atoms with Gasteiger partial charge < -0.3 is 15.4 Å². The number of nitrogens with one attached hydrogen (secondary N) is 2. The van der Waals surface area contributed by atoms with Crippen LogP contribution in [0.3, 0.4) is 0 Å². The molecule has 1 aliphatic heterocycles. The number of carbonyl (C=O) groups is 2. The second-order valence-corrected chi connectivity index (χ2v) is 7.76. The molecule has 1 aliphatic rings. The maximum atomic E-state index is 12.5. The number of piperidine rings is 1. The van der Waals surface area contributed by atoms with Crippen molar-refractivity contribution in [3.63, 3.8) is 0 Å². The van der Waals surface area contributed by atoms with Crippen LogP contribution in [0.1, 0.15) is 46.1 Å². The molecule has 2 atom stereocenters. The van der Waals surface area contributed by atoms with Crippen molar-refractivity contribution < 1.29 is 14.3 Å². The van der Waals surface area contributed by atoms with Gasteiger partial charge >= 0.3 is 6.09 Å². The third kappa shape index (κ3) is 6.86. The van der Waals surface area contributed by atoms with E-state index in [1.807, 2.05) is 26.0 Å². The Bertz CT molecular complexity index is 616. The van der Waals surface area contributed by atoms with E-state index in [2.05, 4.69) is 34.6 Å². The molecule has 6 heteroatoms. The number of rotatable bonds is 7. The number of hydrogen-bond acceptors (Lipinski definition) is 4. The molecule has 1 aromatic carbocycles. The molecule has 2 unspecified atom stereocenters. The van der Waals surface area contributed by atoms with Crippen LogP contribution in [-0.4, -0.2) is 42.6 Å². The van der Waals surface area contributed by atoms with Gasteiger partial charge in [-0.3, -0.25) is 9.69 Å². The Kier molecular flexibility index (Phi) is 8.10. The minimum atomic E-state index is -0.640. The second kappa shape index (κ2) is 10.3. The summed E-state index contributed by atoms with van der Waals surface area (Å²) in [6.45, 7) is 11.3. The summed E-state index contributed by atoms with van der Waals surface area (Å²) in [5, 5.41) is 5.51. The number of hydrogen-bond donors (Lipinski definition) is 2. The summed E-state index contributed by atoms with van der Waals surface area (Å²) < 4.78 is 4.88. The fourth-order valence-electron chi connectivity index (χ4n) is 3.44. The van der Waals surface area contributed by atoms with Crippen LogP contribution in [0.15, 0.2) is 24.3 Å². The quantitative estimate of drug-likeness (QED) is 0.763. The van der Waals surface area contributed by atoms with Gasteiger partial charge in [-0.2, -0.15) is 0 Å². The van der Waals surface area contributed by atoms with Gasteiger partial charge in [-0.05, 0) is 55.8 Å². The second-order valence-electron chi connectivity index (χ2n) is 7.76. The molecular formula is C21H33N3O3. The molecule has 1 aromatic rings. The van der Waals surface area contributed by atoms with Crippen LogP contribution in [0.5, 0.6) is 0 Å². The van der Waals surface area contributed by atoms with Crippen LogP contribution < -0.4 is 10.6 Å². The van der Waals surface area contributed by atoms with E-state index in [9.17, 15) is 9.59 Å². The molecule has 150 valence electrons. The predicted molar refractivity (Wildman–Crippen MR) is 108 cm³/mol. The number of benzene rings is 1. The molecule has 1 fully saturated rings. The maximum Gasteiger partial charge on any atom is 0.407 e.